The van der Waals surface area contributed by atoms with Gasteiger partial charge in [-0.1, -0.05) is 12.1 Å². The molecule has 0 saturated carbocycles. The van der Waals surface area contributed by atoms with E-state index in [1.165, 1.54) is 35.1 Å². The van der Waals surface area contributed by atoms with E-state index in [2.05, 4.69) is 38.2 Å². The SMILES string of the molecule is Cc1cc(C)c(C(N)CC2CCNCC2)cc1C. The largest absolute Gasteiger partial charge is 0.324 e. The summed E-state index contributed by atoms with van der Waals surface area (Å²) in [6, 6.07) is 4.76. The molecule has 0 amide bonds. The summed E-state index contributed by atoms with van der Waals surface area (Å²) in [7, 11) is 0. The second-order valence-electron chi connectivity index (χ2n) is 5.83. The fraction of sp³-hybridized carbons (Fsp3) is 0.625. The summed E-state index contributed by atoms with van der Waals surface area (Å²) in [6.07, 6.45) is 3.68. The maximum atomic E-state index is 6.43. The summed E-state index contributed by atoms with van der Waals surface area (Å²) in [5.74, 6) is 0.794. The molecule has 18 heavy (non-hydrogen) atoms. The molecule has 2 nitrogen and oxygen atoms in total. The number of nitrogens with two attached hydrogens (primary N) is 1. The molecule has 2 rings (SSSR count). The second-order valence-corrected chi connectivity index (χ2v) is 5.83. The van der Waals surface area contributed by atoms with Crippen molar-refractivity contribution in [1.82, 2.24) is 5.32 Å². The third kappa shape index (κ3) is 3.12. The average molecular weight is 246 g/mol. The molecule has 1 saturated heterocycles. The van der Waals surface area contributed by atoms with Gasteiger partial charge in [0.1, 0.15) is 0 Å². The van der Waals surface area contributed by atoms with Gasteiger partial charge >= 0.3 is 0 Å². The van der Waals surface area contributed by atoms with Crippen LogP contribution in [0.4, 0.5) is 0 Å². The molecular formula is C16H26N2. The molecule has 1 heterocycles. The summed E-state index contributed by atoms with van der Waals surface area (Å²) < 4.78 is 0. The number of hydrogen-bond donors (Lipinski definition) is 2. The number of benzene rings is 1. The lowest BCUT2D eigenvalue weighted by Gasteiger charge is -2.26. The quantitative estimate of drug-likeness (QED) is 0.860. The Kier molecular flexibility index (Phi) is 4.41. The Labute approximate surface area is 111 Å². The van der Waals surface area contributed by atoms with E-state index >= 15 is 0 Å². The first-order chi connectivity index (χ1) is 8.58. The van der Waals surface area contributed by atoms with Crippen LogP contribution in [-0.4, -0.2) is 13.1 Å². The van der Waals surface area contributed by atoms with Gasteiger partial charge in [0.25, 0.3) is 0 Å². The third-order valence-electron chi connectivity index (χ3n) is 4.33. The molecular weight excluding hydrogens is 220 g/mol. The molecule has 0 radical (unpaired) electrons. The van der Waals surface area contributed by atoms with Crippen molar-refractivity contribution in [3.8, 4) is 0 Å². The normalized spacial score (nSPS) is 18.9. The molecule has 3 N–H and O–H groups in total. The van der Waals surface area contributed by atoms with Crippen molar-refractivity contribution in [2.75, 3.05) is 13.1 Å². The molecule has 1 aromatic carbocycles. The molecule has 1 fully saturated rings. The Morgan fingerprint density at radius 1 is 1.11 bits per heavy atom. The Morgan fingerprint density at radius 3 is 2.39 bits per heavy atom. The van der Waals surface area contributed by atoms with Crippen LogP contribution in [0.5, 0.6) is 0 Å². The van der Waals surface area contributed by atoms with E-state index in [1.807, 2.05) is 0 Å². The zero-order valence-corrected chi connectivity index (χ0v) is 11.9. The topological polar surface area (TPSA) is 38.0 Å². The van der Waals surface area contributed by atoms with Crippen molar-refractivity contribution in [1.29, 1.82) is 0 Å². The lowest BCUT2D eigenvalue weighted by molar-refractivity contribution is 0.332. The Hall–Kier alpha value is -0.860. The summed E-state index contributed by atoms with van der Waals surface area (Å²) in [6.45, 7) is 8.84. The minimum absolute atomic E-state index is 0.201. The average Bonchev–Trinajstić information content (AvgIpc) is 2.35. The van der Waals surface area contributed by atoms with Crippen molar-refractivity contribution in [3.05, 3.63) is 34.4 Å². The maximum Gasteiger partial charge on any atom is 0.0300 e. The van der Waals surface area contributed by atoms with Gasteiger partial charge < -0.3 is 11.1 Å². The highest BCUT2D eigenvalue weighted by Gasteiger charge is 2.18. The molecule has 1 atom stereocenters. The van der Waals surface area contributed by atoms with Gasteiger partial charge in [-0.05, 0) is 81.3 Å². The van der Waals surface area contributed by atoms with E-state index in [-0.39, 0.29) is 6.04 Å². The third-order valence-corrected chi connectivity index (χ3v) is 4.33. The van der Waals surface area contributed by atoms with Gasteiger partial charge in [0.15, 0.2) is 0 Å². The summed E-state index contributed by atoms with van der Waals surface area (Å²) in [5.41, 5.74) is 11.8. The Morgan fingerprint density at radius 2 is 1.72 bits per heavy atom. The van der Waals surface area contributed by atoms with Crippen molar-refractivity contribution in [3.63, 3.8) is 0 Å². The molecule has 100 valence electrons. The summed E-state index contributed by atoms with van der Waals surface area (Å²) in [4.78, 5) is 0. The monoisotopic (exact) mass is 246 g/mol. The minimum atomic E-state index is 0.201. The second kappa shape index (κ2) is 5.85. The fourth-order valence-corrected chi connectivity index (χ4v) is 2.99. The highest BCUT2D eigenvalue weighted by Crippen LogP contribution is 2.28. The van der Waals surface area contributed by atoms with Gasteiger partial charge in [-0.3, -0.25) is 0 Å². The van der Waals surface area contributed by atoms with Crippen LogP contribution in [0.2, 0.25) is 0 Å². The molecule has 2 heteroatoms. The molecule has 0 spiro atoms. The molecule has 0 aromatic heterocycles. The zero-order valence-electron chi connectivity index (χ0n) is 11.9. The van der Waals surface area contributed by atoms with Gasteiger partial charge in [0.05, 0.1) is 0 Å². The van der Waals surface area contributed by atoms with Crippen molar-refractivity contribution in [2.45, 2.75) is 46.1 Å². The van der Waals surface area contributed by atoms with Crippen LogP contribution in [0, 0.1) is 26.7 Å². The molecule has 1 aliphatic rings. The van der Waals surface area contributed by atoms with Crippen LogP contribution in [-0.2, 0) is 0 Å². The molecule has 1 unspecified atom stereocenters. The van der Waals surface area contributed by atoms with Gasteiger partial charge in [-0.25, -0.2) is 0 Å². The van der Waals surface area contributed by atoms with Crippen LogP contribution in [0.3, 0.4) is 0 Å². The van der Waals surface area contributed by atoms with Gasteiger partial charge in [-0.15, -0.1) is 0 Å². The van der Waals surface area contributed by atoms with E-state index < -0.39 is 0 Å². The van der Waals surface area contributed by atoms with Crippen LogP contribution in [0.25, 0.3) is 0 Å². The van der Waals surface area contributed by atoms with Crippen LogP contribution in [0.1, 0.15) is 47.6 Å². The molecule has 0 aliphatic carbocycles. The van der Waals surface area contributed by atoms with E-state index in [4.69, 9.17) is 5.73 Å². The number of hydrogen-bond acceptors (Lipinski definition) is 2. The van der Waals surface area contributed by atoms with E-state index in [1.54, 1.807) is 0 Å². The molecule has 1 aliphatic heterocycles. The lowest BCUT2D eigenvalue weighted by atomic mass is 9.86. The van der Waals surface area contributed by atoms with Crippen LogP contribution in [0.15, 0.2) is 12.1 Å². The summed E-state index contributed by atoms with van der Waals surface area (Å²) in [5, 5.41) is 3.41. The predicted octanol–water partition coefficient (Wildman–Crippen LogP) is 3.00. The van der Waals surface area contributed by atoms with E-state index in [9.17, 15) is 0 Å². The molecule has 1 aromatic rings. The smallest absolute Gasteiger partial charge is 0.0300 e. The van der Waals surface area contributed by atoms with Crippen LogP contribution >= 0.6 is 0 Å². The van der Waals surface area contributed by atoms with Gasteiger partial charge in [-0.2, -0.15) is 0 Å². The number of nitrogens with one attached hydrogen (secondary N) is 1. The minimum Gasteiger partial charge on any atom is -0.324 e. The highest BCUT2D eigenvalue weighted by atomic mass is 14.9. The number of aryl methyl sites for hydroxylation is 3. The fourth-order valence-electron chi connectivity index (χ4n) is 2.99. The molecule has 0 bridgehead atoms. The van der Waals surface area contributed by atoms with Crippen molar-refractivity contribution >= 4 is 0 Å². The first-order valence-electron chi connectivity index (χ1n) is 7.12. The lowest BCUT2D eigenvalue weighted by Crippen LogP contribution is -2.29. The van der Waals surface area contributed by atoms with E-state index in [0.717, 1.165) is 25.4 Å². The highest BCUT2D eigenvalue weighted by molar-refractivity contribution is 5.38. The zero-order chi connectivity index (χ0) is 13.1. The maximum absolute atomic E-state index is 6.43. The van der Waals surface area contributed by atoms with E-state index in [0.29, 0.717) is 0 Å². The standard InChI is InChI=1S/C16H26N2/c1-11-8-13(3)15(9-12(11)2)16(17)10-14-4-6-18-7-5-14/h8-9,14,16,18H,4-7,10,17H2,1-3H3. The van der Waals surface area contributed by atoms with Crippen LogP contribution < -0.4 is 11.1 Å². The number of piperidine rings is 1. The first-order valence-corrected chi connectivity index (χ1v) is 7.12. The van der Waals surface area contributed by atoms with Crippen molar-refractivity contribution in [2.24, 2.45) is 11.7 Å². The summed E-state index contributed by atoms with van der Waals surface area (Å²) >= 11 is 0. The van der Waals surface area contributed by atoms with Crippen molar-refractivity contribution < 1.29 is 0 Å². The predicted molar refractivity (Wildman–Crippen MR) is 77.8 cm³/mol. The first kappa shape index (κ1) is 13.6. The Balaban J connectivity index is 2.08. The van der Waals surface area contributed by atoms with Gasteiger partial charge in [0.2, 0.25) is 0 Å². The number of rotatable bonds is 3. The Bertz CT molecular complexity index is 406. The van der Waals surface area contributed by atoms with Gasteiger partial charge in [0, 0.05) is 6.04 Å².